The normalized spacial score (nSPS) is 41.5. The molecule has 0 radical (unpaired) electrons. The summed E-state index contributed by atoms with van der Waals surface area (Å²) in [6.45, 7) is 5.27. The smallest absolute Gasteiger partial charge is 0.158 e. The van der Waals surface area contributed by atoms with Crippen LogP contribution in [-0.2, 0) is 18.9 Å². The van der Waals surface area contributed by atoms with E-state index in [4.69, 9.17) is 18.9 Å². The lowest BCUT2D eigenvalue weighted by molar-refractivity contribution is -0.235. The van der Waals surface area contributed by atoms with E-state index in [-0.39, 0.29) is 19.6 Å². The zero-order valence-corrected chi connectivity index (χ0v) is 16.2. The van der Waals surface area contributed by atoms with Crippen molar-refractivity contribution in [3.63, 3.8) is 0 Å². The average molecular weight is 362 g/mol. The number of aliphatic hydroxyl groups is 3. The summed E-state index contributed by atoms with van der Waals surface area (Å²) in [6.07, 6.45) is -0.586. The Bertz CT molecular complexity index is 461. The minimum absolute atomic E-state index is 0.226. The molecule has 0 amide bonds. The van der Waals surface area contributed by atoms with Gasteiger partial charge in [0.15, 0.2) is 12.6 Å². The van der Waals surface area contributed by atoms with Crippen LogP contribution in [0.4, 0.5) is 0 Å². The molecule has 2 fully saturated rings. The Hall–Kier alpha value is -0.280. The number of methoxy groups -OCH3 is 3. The van der Waals surface area contributed by atoms with Crippen LogP contribution in [-0.4, -0.2) is 74.1 Å². The highest BCUT2D eigenvalue weighted by atomic mass is 16.7. The molecule has 7 nitrogen and oxygen atoms in total. The van der Waals surface area contributed by atoms with E-state index in [1.54, 1.807) is 7.11 Å². The second kappa shape index (κ2) is 7.03. The Morgan fingerprint density at radius 1 is 1.08 bits per heavy atom. The highest BCUT2D eigenvalue weighted by Crippen LogP contribution is 2.69. The van der Waals surface area contributed by atoms with Gasteiger partial charge in [0, 0.05) is 51.4 Å². The minimum Gasteiger partial charge on any atom is -0.396 e. The van der Waals surface area contributed by atoms with Crippen LogP contribution in [0.15, 0.2) is 0 Å². The summed E-state index contributed by atoms with van der Waals surface area (Å²) in [7, 11) is 4.60. The molecule has 5 atom stereocenters. The van der Waals surface area contributed by atoms with Crippen LogP contribution in [0.5, 0.6) is 0 Å². The van der Waals surface area contributed by atoms with Crippen LogP contribution in [0.25, 0.3) is 0 Å². The Kier molecular flexibility index (Phi) is 5.92. The average Bonchev–Trinajstić information content (AvgIpc) is 3.02. The van der Waals surface area contributed by atoms with Crippen molar-refractivity contribution in [2.75, 3.05) is 34.5 Å². The van der Waals surface area contributed by atoms with E-state index < -0.39 is 40.5 Å². The standard InChI is InChI=1S/C18H34O7/c1-15(2,3)18(21)7-12-16(10-19,8-14(24-6)25-12)17(18,11-20)9-13(22-4)23-5/h12-14,19-21H,7-11H2,1-6H3/t12-,14?,16+,17+,18?/m0/s1. The van der Waals surface area contributed by atoms with Gasteiger partial charge in [-0.1, -0.05) is 20.8 Å². The van der Waals surface area contributed by atoms with E-state index in [0.29, 0.717) is 12.8 Å². The van der Waals surface area contributed by atoms with Crippen molar-refractivity contribution >= 4 is 0 Å². The fourth-order valence-electron chi connectivity index (χ4n) is 5.17. The number of hydrogen-bond acceptors (Lipinski definition) is 7. The first kappa shape index (κ1) is 21.0. The van der Waals surface area contributed by atoms with E-state index in [9.17, 15) is 15.3 Å². The summed E-state index contributed by atoms with van der Waals surface area (Å²) in [4.78, 5) is 0. The molecular weight excluding hydrogens is 328 g/mol. The molecule has 148 valence electrons. The Morgan fingerprint density at radius 3 is 2.08 bits per heavy atom. The lowest BCUT2D eigenvalue weighted by atomic mass is 9.52. The quantitative estimate of drug-likeness (QED) is 0.579. The van der Waals surface area contributed by atoms with Crippen molar-refractivity contribution in [1.82, 2.24) is 0 Å². The van der Waals surface area contributed by atoms with Gasteiger partial charge in [-0.3, -0.25) is 0 Å². The molecule has 1 heterocycles. The molecule has 0 aromatic heterocycles. The number of rotatable bonds is 7. The summed E-state index contributed by atoms with van der Waals surface area (Å²) >= 11 is 0. The molecule has 1 aliphatic heterocycles. The SMILES string of the molecule is COC(C[C@]1(CO)C(O)(C(C)(C)C)C[C@@H]2OC(OC)C[C@@]21CO)OC. The molecule has 0 aromatic carbocycles. The van der Waals surface area contributed by atoms with E-state index in [1.165, 1.54) is 14.2 Å². The zero-order chi connectivity index (χ0) is 19.1. The van der Waals surface area contributed by atoms with Gasteiger partial charge >= 0.3 is 0 Å². The maximum atomic E-state index is 11.8. The largest absolute Gasteiger partial charge is 0.396 e. The van der Waals surface area contributed by atoms with Gasteiger partial charge in [0.2, 0.25) is 0 Å². The summed E-state index contributed by atoms with van der Waals surface area (Å²) in [6, 6.07) is 0. The lowest BCUT2D eigenvalue weighted by Crippen LogP contribution is -2.62. The van der Waals surface area contributed by atoms with Crippen LogP contribution < -0.4 is 0 Å². The third-order valence-electron chi connectivity index (χ3n) is 6.79. The first-order chi connectivity index (χ1) is 11.6. The van der Waals surface area contributed by atoms with E-state index >= 15 is 0 Å². The highest BCUT2D eigenvalue weighted by Gasteiger charge is 2.77. The highest BCUT2D eigenvalue weighted by molar-refractivity contribution is 5.24. The van der Waals surface area contributed by atoms with Gasteiger partial charge in [-0.15, -0.1) is 0 Å². The number of aliphatic hydroxyl groups excluding tert-OH is 2. The Morgan fingerprint density at radius 2 is 1.68 bits per heavy atom. The van der Waals surface area contributed by atoms with Crippen molar-refractivity contribution in [1.29, 1.82) is 0 Å². The fraction of sp³-hybridized carbons (Fsp3) is 1.00. The van der Waals surface area contributed by atoms with Gasteiger partial charge in [0.1, 0.15) is 0 Å². The molecule has 1 saturated carbocycles. The molecule has 0 aromatic rings. The molecule has 2 rings (SSSR count). The van der Waals surface area contributed by atoms with Crippen molar-refractivity contribution < 1.29 is 34.3 Å². The van der Waals surface area contributed by atoms with Crippen LogP contribution in [0.1, 0.15) is 40.0 Å². The summed E-state index contributed by atoms with van der Waals surface area (Å²) < 4.78 is 22.1. The molecule has 2 aliphatic rings. The zero-order valence-electron chi connectivity index (χ0n) is 16.2. The summed E-state index contributed by atoms with van der Waals surface area (Å²) in [5.41, 5.74) is -3.75. The van der Waals surface area contributed by atoms with Gasteiger partial charge in [-0.2, -0.15) is 0 Å². The molecule has 1 aliphatic carbocycles. The molecule has 3 N–H and O–H groups in total. The topological polar surface area (TPSA) is 97.6 Å². The number of fused-ring (bicyclic) bond motifs is 1. The third-order valence-corrected chi connectivity index (χ3v) is 6.79. The molecule has 0 bridgehead atoms. The minimum atomic E-state index is -1.28. The number of ether oxygens (including phenoxy) is 4. The van der Waals surface area contributed by atoms with Crippen LogP contribution in [0, 0.1) is 16.2 Å². The molecule has 1 saturated heterocycles. The molecule has 0 spiro atoms. The van der Waals surface area contributed by atoms with Crippen molar-refractivity contribution in [2.24, 2.45) is 16.2 Å². The summed E-state index contributed by atoms with van der Waals surface area (Å²) in [5, 5.41) is 32.8. The predicted molar refractivity (Wildman–Crippen MR) is 90.8 cm³/mol. The molecular formula is C18H34O7. The first-order valence-electron chi connectivity index (χ1n) is 8.79. The second-order valence-electron chi connectivity index (χ2n) is 8.47. The van der Waals surface area contributed by atoms with E-state index in [0.717, 1.165) is 0 Å². The van der Waals surface area contributed by atoms with Crippen LogP contribution in [0.3, 0.4) is 0 Å². The van der Waals surface area contributed by atoms with Crippen molar-refractivity contribution in [3.8, 4) is 0 Å². The fourth-order valence-corrected chi connectivity index (χ4v) is 5.17. The van der Waals surface area contributed by atoms with Gasteiger partial charge < -0.3 is 34.3 Å². The molecule has 7 heteroatoms. The van der Waals surface area contributed by atoms with Gasteiger partial charge in [0.05, 0.1) is 24.9 Å². The van der Waals surface area contributed by atoms with E-state index in [2.05, 4.69) is 0 Å². The number of hydrogen-bond donors (Lipinski definition) is 3. The lowest BCUT2D eigenvalue weighted by Gasteiger charge is -2.55. The monoisotopic (exact) mass is 362 g/mol. The van der Waals surface area contributed by atoms with Crippen LogP contribution >= 0.6 is 0 Å². The molecule has 2 unspecified atom stereocenters. The summed E-state index contributed by atoms with van der Waals surface area (Å²) in [5.74, 6) is 0. The maximum absolute atomic E-state index is 11.8. The Labute approximate surface area is 150 Å². The third kappa shape index (κ3) is 2.76. The molecule has 25 heavy (non-hydrogen) atoms. The van der Waals surface area contributed by atoms with Gasteiger partial charge in [-0.25, -0.2) is 0 Å². The van der Waals surface area contributed by atoms with Gasteiger partial charge in [-0.05, 0) is 5.41 Å². The Balaban J connectivity index is 2.62. The van der Waals surface area contributed by atoms with Crippen LogP contribution in [0.2, 0.25) is 0 Å². The van der Waals surface area contributed by atoms with Gasteiger partial charge in [0.25, 0.3) is 0 Å². The van der Waals surface area contributed by atoms with E-state index in [1.807, 2.05) is 20.8 Å². The van der Waals surface area contributed by atoms with Crippen molar-refractivity contribution in [2.45, 2.75) is 64.3 Å². The predicted octanol–water partition coefficient (Wildman–Crippen LogP) is 0.895. The first-order valence-corrected chi connectivity index (χ1v) is 8.79. The maximum Gasteiger partial charge on any atom is 0.158 e. The second-order valence-corrected chi connectivity index (χ2v) is 8.47. The van der Waals surface area contributed by atoms with Crippen molar-refractivity contribution in [3.05, 3.63) is 0 Å².